The molecule has 2 aliphatic heterocycles. The van der Waals surface area contributed by atoms with Gasteiger partial charge in [0.15, 0.2) is 11.3 Å². The zero-order chi connectivity index (χ0) is 20.6. The van der Waals surface area contributed by atoms with Gasteiger partial charge in [-0.05, 0) is 32.1 Å². The first-order valence-electron chi connectivity index (χ1n) is 8.62. The number of hydrogen-bond donors (Lipinski definition) is 0. The van der Waals surface area contributed by atoms with Crippen LogP contribution in [0, 0.1) is 34.0 Å². The number of likely N-dealkylation sites (N-methyl/N-ethyl adjacent to an activating group) is 1. The van der Waals surface area contributed by atoms with Crippen molar-refractivity contribution in [2.75, 3.05) is 7.05 Å². The minimum absolute atomic E-state index is 0.0476. The predicted octanol–water partition coefficient (Wildman–Crippen LogP) is 4.48. The summed E-state index contributed by atoms with van der Waals surface area (Å²) >= 11 is 0. The van der Waals surface area contributed by atoms with Gasteiger partial charge in [0.25, 0.3) is 0 Å². The molecule has 0 aromatic carbocycles. The van der Waals surface area contributed by atoms with E-state index in [-0.39, 0.29) is 16.9 Å². The van der Waals surface area contributed by atoms with Crippen LogP contribution in [0.5, 0.6) is 0 Å². The number of allylic oxidation sites excluding steroid dienone is 11. The average molecular weight is 368 g/mol. The highest BCUT2D eigenvalue weighted by Crippen LogP contribution is 2.40. The van der Waals surface area contributed by atoms with Crippen LogP contribution in [0.15, 0.2) is 95.1 Å². The molecule has 5 nitrogen and oxygen atoms in total. The maximum absolute atomic E-state index is 9.47. The van der Waals surface area contributed by atoms with Gasteiger partial charge in [0, 0.05) is 24.5 Å². The summed E-state index contributed by atoms with van der Waals surface area (Å²) in [6.45, 7) is 3.59. The molecule has 2 heterocycles. The van der Waals surface area contributed by atoms with Gasteiger partial charge in [-0.3, -0.25) is 0 Å². The van der Waals surface area contributed by atoms with Crippen molar-refractivity contribution in [3.05, 3.63) is 95.1 Å². The molecule has 0 spiro atoms. The smallest absolute Gasteiger partial charge is 0.172 e. The molecule has 0 radical (unpaired) electrons. The molecule has 0 aromatic rings. The first kappa shape index (κ1) is 20.3. The van der Waals surface area contributed by atoms with Crippen LogP contribution >= 0.6 is 0 Å². The van der Waals surface area contributed by atoms with Crippen LogP contribution in [-0.4, -0.2) is 17.5 Å². The molecule has 0 aliphatic carbocycles. The second kappa shape index (κ2) is 9.08. The molecule has 0 N–H and O–H groups in total. The molecule has 0 fully saturated rings. The SMILES string of the molecule is CN1C=CC=C/C1=C/C=C/C=C/C=C/C1=C(C#N)C(=C(C#N)C#N)OC1(C)C. The fraction of sp³-hybridized carbons (Fsp3) is 0.174. The van der Waals surface area contributed by atoms with E-state index >= 15 is 0 Å². The van der Waals surface area contributed by atoms with Gasteiger partial charge >= 0.3 is 0 Å². The normalized spacial score (nSPS) is 19.5. The second-order valence-corrected chi connectivity index (χ2v) is 6.47. The largest absolute Gasteiger partial charge is 0.480 e. The van der Waals surface area contributed by atoms with E-state index in [1.165, 1.54) is 0 Å². The molecule has 0 unspecified atom stereocenters. The minimum Gasteiger partial charge on any atom is -0.480 e. The van der Waals surface area contributed by atoms with Gasteiger partial charge in [-0.1, -0.05) is 42.5 Å². The van der Waals surface area contributed by atoms with Crippen molar-refractivity contribution in [1.82, 2.24) is 4.90 Å². The second-order valence-electron chi connectivity index (χ2n) is 6.47. The van der Waals surface area contributed by atoms with E-state index in [0.717, 1.165) is 5.70 Å². The summed E-state index contributed by atoms with van der Waals surface area (Å²) in [5, 5.41) is 27.6. The summed E-state index contributed by atoms with van der Waals surface area (Å²) in [7, 11) is 1.98. The summed E-state index contributed by atoms with van der Waals surface area (Å²) in [6.07, 6.45) is 21.1. The van der Waals surface area contributed by atoms with Crippen LogP contribution in [0.25, 0.3) is 0 Å². The third kappa shape index (κ3) is 4.58. The monoisotopic (exact) mass is 368 g/mol. The van der Waals surface area contributed by atoms with Crippen molar-refractivity contribution in [1.29, 1.82) is 15.8 Å². The number of ether oxygens (including phenoxy) is 1. The molecule has 0 saturated heterocycles. The van der Waals surface area contributed by atoms with Gasteiger partial charge in [0.05, 0.1) is 0 Å². The van der Waals surface area contributed by atoms with Crippen molar-refractivity contribution < 1.29 is 4.74 Å². The van der Waals surface area contributed by atoms with Crippen LogP contribution in [0.4, 0.5) is 0 Å². The van der Waals surface area contributed by atoms with E-state index in [2.05, 4.69) is 6.07 Å². The Hall–Kier alpha value is -4.01. The standard InChI is InChI=1S/C23H20N4O/c1-23(2)21(20(17-26)22(28-23)18(15-24)16-25)13-8-6-4-5-7-11-19-12-9-10-14-27(19)3/h4-14H,1-3H3/b6-4+,7-5+,13-8+,19-11-. The molecule has 0 aromatic heterocycles. The Morgan fingerprint density at radius 3 is 2.36 bits per heavy atom. The Labute approximate surface area is 165 Å². The van der Waals surface area contributed by atoms with E-state index in [0.29, 0.717) is 5.57 Å². The zero-order valence-corrected chi connectivity index (χ0v) is 16.0. The Bertz CT molecular complexity index is 990. The maximum Gasteiger partial charge on any atom is 0.172 e. The Balaban J connectivity index is 2.16. The summed E-state index contributed by atoms with van der Waals surface area (Å²) in [5.41, 5.74) is 0.935. The molecular formula is C23H20N4O. The van der Waals surface area contributed by atoms with E-state index < -0.39 is 5.60 Å². The highest BCUT2D eigenvalue weighted by atomic mass is 16.5. The summed E-state index contributed by atoms with van der Waals surface area (Å²) in [4.78, 5) is 2.02. The Kier molecular flexibility index (Phi) is 6.58. The minimum atomic E-state index is -0.796. The van der Waals surface area contributed by atoms with Crippen LogP contribution in [-0.2, 0) is 4.74 Å². The van der Waals surface area contributed by atoms with Crippen molar-refractivity contribution in [2.24, 2.45) is 0 Å². The first-order chi connectivity index (χ1) is 13.4. The van der Waals surface area contributed by atoms with Crippen molar-refractivity contribution >= 4 is 0 Å². The fourth-order valence-electron chi connectivity index (χ4n) is 2.69. The van der Waals surface area contributed by atoms with E-state index in [9.17, 15) is 5.26 Å². The molecule has 0 saturated carbocycles. The highest BCUT2D eigenvalue weighted by molar-refractivity contribution is 5.60. The lowest BCUT2D eigenvalue weighted by Gasteiger charge is -2.20. The quantitative estimate of drug-likeness (QED) is 0.539. The number of nitrogens with zero attached hydrogens (tertiary/aromatic N) is 4. The molecule has 28 heavy (non-hydrogen) atoms. The lowest BCUT2D eigenvalue weighted by Crippen LogP contribution is -2.20. The van der Waals surface area contributed by atoms with Gasteiger partial charge in [0.2, 0.25) is 0 Å². The molecule has 5 heteroatoms. The Morgan fingerprint density at radius 1 is 1.04 bits per heavy atom. The highest BCUT2D eigenvalue weighted by Gasteiger charge is 2.38. The fourth-order valence-corrected chi connectivity index (χ4v) is 2.69. The third-order valence-corrected chi connectivity index (χ3v) is 4.13. The molecule has 0 amide bonds. The van der Waals surface area contributed by atoms with E-state index in [1.807, 2.05) is 66.8 Å². The molecule has 0 bridgehead atoms. The summed E-state index contributed by atoms with van der Waals surface area (Å²) < 4.78 is 5.71. The van der Waals surface area contributed by atoms with Gasteiger partial charge in [0.1, 0.15) is 29.4 Å². The van der Waals surface area contributed by atoms with Gasteiger partial charge in [-0.2, -0.15) is 15.8 Å². The van der Waals surface area contributed by atoms with Crippen LogP contribution in [0.2, 0.25) is 0 Å². The topological polar surface area (TPSA) is 83.8 Å². The van der Waals surface area contributed by atoms with Crippen molar-refractivity contribution in [2.45, 2.75) is 19.4 Å². The zero-order valence-electron chi connectivity index (χ0n) is 16.0. The average Bonchev–Trinajstić information content (AvgIpc) is 2.93. The number of nitriles is 3. The van der Waals surface area contributed by atoms with Gasteiger partial charge < -0.3 is 9.64 Å². The lowest BCUT2D eigenvalue weighted by molar-refractivity contribution is 0.0954. The van der Waals surface area contributed by atoms with E-state index in [1.54, 1.807) is 38.1 Å². The molecular weight excluding hydrogens is 348 g/mol. The summed E-state index contributed by atoms with van der Waals surface area (Å²) in [6, 6.07) is 5.61. The van der Waals surface area contributed by atoms with Gasteiger partial charge in [-0.25, -0.2) is 0 Å². The maximum atomic E-state index is 9.47. The molecule has 138 valence electrons. The Morgan fingerprint density at radius 2 is 1.71 bits per heavy atom. The van der Waals surface area contributed by atoms with Crippen LogP contribution < -0.4 is 0 Å². The van der Waals surface area contributed by atoms with Crippen LogP contribution in [0.3, 0.4) is 0 Å². The number of hydrogen-bond acceptors (Lipinski definition) is 5. The number of rotatable bonds is 4. The third-order valence-electron chi connectivity index (χ3n) is 4.13. The van der Waals surface area contributed by atoms with Crippen molar-refractivity contribution in [3.8, 4) is 18.2 Å². The van der Waals surface area contributed by atoms with E-state index in [4.69, 9.17) is 15.3 Å². The van der Waals surface area contributed by atoms with Crippen LogP contribution in [0.1, 0.15) is 13.8 Å². The van der Waals surface area contributed by atoms with Gasteiger partial charge in [-0.15, -0.1) is 0 Å². The lowest BCUT2D eigenvalue weighted by atomic mass is 9.95. The molecule has 2 aliphatic rings. The molecule has 0 atom stereocenters. The summed E-state index contributed by atoms with van der Waals surface area (Å²) in [5.74, 6) is 0.0476. The first-order valence-corrected chi connectivity index (χ1v) is 8.62. The molecule has 2 rings (SSSR count). The van der Waals surface area contributed by atoms with Crippen molar-refractivity contribution in [3.63, 3.8) is 0 Å². The predicted molar refractivity (Wildman–Crippen MR) is 108 cm³/mol.